The van der Waals surface area contributed by atoms with Gasteiger partial charge in [0.1, 0.15) is 16.9 Å². The molecule has 2 unspecified atom stereocenters. The molecule has 0 saturated heterocycles. The normalized spacial score (nSPS) is 22.2. The molecule has 0 bridgehead atoms. The lowest BCUT2D eigenvalue weighted by Gasteiger charge is -2.38. The van der Waals surface area contributed by atoms with Crippen molar-refractivity contribution in [3.63, 3.8) is 0 Å². The van der Waals surface area contributed by atoms with Crippen LogP contribution in [-0.2, 0) is 9.53 Å². The Morgan fingerprint density at radius 2 is 2.18 bits per heavy atom. The Bertz CT molecular complexity index is 804. The van der Waals surface area contributed by atoms with Gasteiger partial charge < -0.3 is 14.8 Å². The molecule has 2 aromatic rings. The van der Waals surface area contributed by atoms with Crippen molar-refractivity contribution < 1.29 is 14.3 Å². The number of carbonyl (C=O) groups is 1. The summed E-state index contributed by atoms with van der Waals surface area (Å²) in [7, 11) is 0. The predicted molar refractivity (Wildman–Crippen MR) is 113 cm³/mol. The molecule has 1 fully saturated rings. The number of hydrogen-bond donors (Lipinski definition) is 1. The molecule has 1 aromatic heterocycles. The van der Waals surface area contributed by atoms with E-state index >= 15 is 0 Å². The summed E-state index contributed by atoms with van der Waals surface area (Å²) < 4.78 is 11.9. The van der Waals surface area contributed by atoms with E-state index in [0.29, 0.717) is 19.1 Å². The average molecular weight is 385 g/mol. The van der Waals surface area contributed by atoms with E-state index in [1.807, 2.05) is 31.2 Å². The van der Waals surface area contributed by atoms with Crippen molar-refractivity contribution in [3.05, 3.63) is 30.5 Å². The number of anilines is 1. The molecule has 1 aliphatic rings. The largest absolute Gasteiger partial charge is 0.491 e. The lowest BCUT2D eigenvalue weighted by Crippen LogP contribution is -2.48. The number of rotatable bonds is 8. The molecule has 1 aliphatic carbocycles. The summed E-state index contributed by atoms with van der Waals surface area (Å²) in [6.45, 7) is 7.49. The lowest BCUT2D eigenvalue weighted by atomic mass is 9.78. The third kappa shape index (κ3) is 4.46. The minimum absolute atomic E-state index is 0.0503. The first-order chi connectivity index (χ1) is 13.6. The number of unbranched alkanes of at least 4 members (excludes halogenated alkanes) is 1. The van der Waals surface area contributed by atoms with E-state index in [-0.39, 0.29) is 5.91 Å². The van der Waals surface area contributed by atoms with Crippen LogP contribution in [0.1, 0.15) is 59.3 Å². The van der Waals surface area contributed by atoms with Gasteiger partial charge in [0.05, 0.1) is 12.3 Å². The maximum atomic E-state index is 13.3. The van der Waals surface area contributed by atoms with Gasteiger partial charge in [0.25, 0.3) is 5.91 Å². The van der Waals surface area contributed by atoms with Crippen LogP contribution < -0.4 is 10.1 Å². The van der Waals surface area contributed by atoms with E-state index in [0.717, 1.165) is 60.9 Å². The van der Waals surface area contributed by atoms with Crippen molar-refractivity contribution in [2.75, 3.05) is 18.5 Å². The number of fused-ring (bicyclic) bond motifs is 1. The second-order valence-corrected chi connectivity index (χ2v) is 7.80. The quantitative estimate of drug-likeness (QED) is 0.624. The summed E-state index contributed by atoms with van der Waals surface area (Å²) in [6.07, 6.45) is 7.54. The molecule has 28 heavy (non-hydrogen) atoms. The van der Waals surface area contributed by atoms with E-state index in [1.165, 1.54) is 0 Å². The van der Waals surface area contributed by atoms with Crippen LogP contribution in [0.15, 0.2) is 30.5 Å². The van der Waals surface area contributed by atoms with E-state index in [1.54, 1.807) is 6.20 Å². The predicted octanol–water partition coefficient (Wildman–Crippen LogP) is 5.34. The summed E-state index contributed by atoms with van der Waals surface area (Å²) in [5.41, 5.74) is 0.796. The van der Waals surface area contributed by atoms with E-state index in [2.05, 4.69) is 24.1 Å². The Morgan fingerprint density at radius 1 is 1.32 bits per heavy atom. The molecule has 5 nitrogen and oxygen atoms in total. The summed E-state index contributed by atoms with van der Waals surface area (Å²) in [5, 5.41) is 4.03. The first kappa shape index (κ1) is 20.6. The molecule has 0 aliphatic heterocycles. The molecular weight excluding hydrogens is 352 g/mol. The summed E-state index contributed by atoms with van der Waals surface area (Å²) >= 11 is 0. The van der Waals surface area contributed by atoms with Crippen molar-refractivity contribution in [1.82, 2.24) is 4.98 Å². The van der Waals surface area contributed by atoms with Crippen LogP contribution in [0, 0.1) is 5.92 Å². The van der Waals surface area contributed by atoms with Gasteiger partial charge in [0, 0.05) is 18.2 Å². The number of hydrogen-bond acceptors (Lipinski definition) is 4. The van der Waals surface area contributed by atoms with Crippen molar-refractivity contribution >= 4 is 22.5 Å². The fraction of sp³-hybridized carbons (Fsp3) is 0.565. The monoisotopic (exact) mass is 384 g/mol. The van der Waals surface area contributed by atoms with Crippen LogP contribution >= 0.6 is 0 Å². The third-order valence-corrected chi connectivity index (χ3v) is 5.53. The zero-order valence-corrected chi connectivity index (χ0v) is 17.3. The number of carbonyl (C=O) groups excluding carboxylic acids is 1. The Kier molecular flexibility index (Phi) is 6.89. The highest BCUT2D eigenvalue weighted by Gasteiger charge is 2.42. The number of ether oxygens (including phenoxy) is 2. The molecule has 1 amide bonds. The SMILES string of the molecule is CCCCOc1ccc(NC(=O)C2(OCC)CCCC(C)C2)c2cccnc12. The number of aromatic nitrogens is 1. The highest BCUT2D eigenvalue weighted by Crippen LogP contribution is 2.37. The van der Waals surface area contributed by atoms with Crippen LogP contribution in [0.3, 0.4) is 0 Å². The summed E-state index contributed by atoms with van der Waals surface area (Å²) in [4.78, 5) is 17.8. The molecule has 152 valence electrons. The fourth-order valence-corrected chi connectivity index (χ4v) is 4.12. The molecule has 1 N–H and O–H groups in total. The number of nitrogens with one attached hydrogen (secondary N) is 1. The van der Waals surface area contributed by atoms with E-state index in [4.69, 9.17) is 9.47 Å². The van der Waals surface area contributed by atoms with Crippen LogP contribution in [-0.4, -0.2) is 29.7 Å². The zero-order chi connectivity index (χ0) is 20.0. The maximum absolute atomic E-state index is 13.3. The van der Waals surface area contributed by atoms with Crippen molar-refractivity contribution in [3.8, 4) is 5.75 Å². The van der Waals surface area contributed by atoms with Crippen LogP contribution in [0.5, 0.6) is 5.75 Å². The number of amides is 1. The van der Waals surface area contributed by atoms with Gasteiger partial charge in [-0.05, 0) is 62.8 Å². The minimum Gasteiger partial charge on any atom is -0.491 e. The topological polar surface area (TPSA) is 60.5 Å². The van der Waals surface area contributed by atoms with E-state index < -0.39 is 5.60 Å². The maximum Gasteiger partial charge on any atom is 0.256 e. The summed E-state index contributed by atoms with van der Waals surface area (Å²) in [6, 6.07) is 7.67. The highest BCUT2D eigenvalue weighted by molar-refractivity contribution is 6.05. The first-order valence-electron chi connectivity index (χ1n) is 10.6. The van der Waals surface area contributed by atoms with Gasteiger partial charge >= 0.3 is 0 Å². The first-order valence-corrected chi connectivity index (χ1v) is 10.6. The van der Waals surface area contributed by atoms with Gasteiger partial charge in [0.15, 0.2) is 0 Å². The standard InChI is InChI=1S/C23H32N2O3/c1-4-6-15-27-20-12-11-19(18-10-8-14-24-21(18)20)25-22(26)23(28-5-2)13-7-9-17(3)16-23/h8,10-12,14,17H,4-7,9,13,15-16H2,1-3H3,(H,25,26). The van der Waals surface area contributed by atoms with Gasteiger partial charge in [0.2, 0.25) is 0 Å². The molecular formula is C23H32N2O3. The van der Waals surface area contributed by atoms with Crippen molar-refractivity contribution in [2.45, 2.75) is 64.9 Å². The number of benzene rings is 1. The second kappa shape index (κ2) is 9.37. The minimum atomic E-state index is -0.739. The van der Waals surface area contributed by atoms with Crippen LogP contribution in [0.2, 0.25) is 0 Å². The van der Waals surface area contributed by atoms with Gasteiger partial charge in [-0.2, -0.15) is 0 Å². The Labute approximate surface area is 167 Å². The van der Waals surface area contributed by atoms with E-state index in [9.17, 15) is 4.79 Å². The molecule has 5 heteroatoms. The second-order valence-electron chi connectivity index (χ2n) is 7.80. The molecule has 1 heterocycles. The Hall–Kier alpha value is -2.14. The average Bonchev–Trinajstić information content (AvgIpc) is 2.70. The van der Waals surface area contributed by atoms with Crippen molar-refractivity contribution in [2.24, 2.45) is 5.92 Å². The van der Waals surface area contributed by atoms with Gasteiger partial charge in [-0.15, -0.1) is 0 Å². The molecule has 3 rings (SSSR count). The Morgan fingerprint density at radius 3 is 2.93 bits per heavy atom. The molecule has 2 atom stereocenters. The fourth-order valence-electron chi connectivity index (χ4n) is 4.12. The lowest BCUT2D eigenvalue weighted by molar-refractivity contribution is -0.147. The van der Waals surface area contributed by atoms with Gasteiger partial charge in [-0.25, -0.2) is 0 Å². The van der Waals surface area contributed by atoms with Crippen LogP contribution in [0.25, 0.3) is 10.9 Å². The van der Waals surface area contributed by atoms with Crippen LogP contribution in [0.4, 0.5) is 5.69 Å². The number of nitrogens with zero attached hydrogens (tertiary/aromatic N) is 1. The highest BCUT2D eigenvalue weighted by atomic mass is 16.5. The van der Waals surface area contributed by atoms with Gasteiger partial charge in [-0.3, -0.25) is 9.78 Å². The summed E-state index contributed by atoms with van der Waals surface area (Å²) in [5.74, 6) is 1.19. The third-order valence-electron chi connectivity index (χ3n) is 5.53. The molecule has 1 aromatic carbocycles. The molecule has 0 radical (unpaired) electrons. The van der Waals surface area contributed by atoms with Gasteiger partial charge in [-0.1, -0.05) is 26.7 Å². The van der Waals surface area contributed by atoms with Crippen molar-refractivity contribution in [1.29, 1.82) is 0 Å². The zero-order valence-electron chi connectivity index (χ0n) is 17.3. The smallest absolute Gasteiger partial charge is 0.256 e. The number of pyridine rings is 1. The molecule has 1 saturated carbocycles. The Balaban J connectivity index is 1.87. The molecule has 0 spiro atoms.